The molecule has 1 aliphatic heterocycles. The van der Waals surface area contributed by atoms with Crippen LogP contribution in [0.2, 0.25) is 0 Å². The van der Waals surface area contributed by atoms with E-state index in [0.29, 0.717) is 50.4 Å². The van der Waals surface area contributed by atoms with Crippen molar-refractivity contribution in [2.24, 2.45) is 0 Å². The number of nitrogens with two attached hydrogens (primary N) is 1. The van der Waals surface area contributed by atoms with Crippen LogP contribution in [0.3, 0.4) is 0 Å². The molecule has 3 aromatic rings. The number of amides is 2. The van der Waals surface area contributed by atoms with Crippen LogP contribution >= 0.6 is 0 Å². The summed E-state index contributed by atoms with van der Waals surface area (Å²) in [4.78, 5) is 31.7. The number of carbonyl (C=O) groups excluding carboxylic acids is 2. The lowest BCUT2D eigenvalue weighted by molar-refractivity contribution is 0.0759. The van der Waals surface area contributed by atoms with Gasteiger partial charge in [0.2, 0.25) is 0 Å². The lowest BCUT2D eigenvalue weighted by Gasteiger charge is -2.27. The predicted octanol–water partition coefficient (Wildman–Crippen LogP) is 4.03. The van der Waals surface area contributed by atoms with E-state index in [9.17, 15) is 14.0 Å². The van der Waals surface area contributed by atoms with E-state index in [2.05, 4.69) is 4.90 Å². The predicted molar refractivity (Wildman–Crippen MR) is 132 cm³/mol. The SMILES string of the molecule is CN(Cc1ccccc1)C(=O)c1cc(N)ccc1N1CCCN(C(=O)c2ccccc2F)CC1. The van der Waals surface area contributed by atoms with Crippen molar-refractivity contribution < 1.29 is 14.0 Å². The van der Waals surface area contributed by atoms with E-state index >= 15 is 0 Å². The molecule has 0 aromatic heterocycles. The number of anilines is 2. The smallest absolute Gasteiger partial charge is 0.256 e. The molecular weight excluding hydrogens is 431 g/mol. The van der Waals surface area contributed by atoms with Crippen molar-refractivity contribution in [1.82, 2.24) is 9.80 Å². The highest BCUT2D eigenvalue weighted by Crippen LogP contribution is 2.26. The lowest BCUT2D eigenvalue weighted by Crippen LogP contribution is -2.36. The number of hydrogen-bond acceptors (Lipinski definition) is 4. The van der Waals surface area contributed by atoms with Gasteiger partial charge >= 0.3 is 0 Å². The van der Waals surface area contributed by atoms with Gasteiger partial charge in [0.05, 0.1) is 11.1 Å². The Morgan fingerprint density at radius 1 is 0.912 bits per heavy atom. The normalized spacial score (nSPS) is 13.9. The molecule has 7 heteroatoms. The number of halogens is 1. The first-order valence-electron chi connectivity index (χ1n) is 11.4. The molecule has 0 spiro atoms. The number of carbonyl (C=O) groups is 2. The monoisotopic (exact) mass is 460 g/mol. The third-order valence-corrected chi connectivity index (χ3v) is 6.09. The van der Waals surface area contributed by atoms with E-state index in [-0.39, 0.29) is 17.4 Å². The van der Waals surface area contributed by atoms with Crippen LogP contribution in [0.4, 0.5) is 15.8 Å². The van der Waals surface area contributed by atoms with Crippen LogP contribution in [0.5, 0.6) is 0 Å². The van der Waals surface area contributed by atoms with Crippen molar-refractivity contribution in [2.45, 2.75) is 13.0 Å². The fourth-order valence-electron chi connectivity index (χ4n) is 4.30. The van der Waals surface area contributed by atoms with Crippen molar-refractivity contribution in [2.75, 3.05) is 43.9 Å². The fraction of sp³-hybridized carbons (Fsp3) is 0.259. The molecule has 0 aliphatic carbocycles. The van der Waals surface area contributed by atoms with Crippen molar-refractivity contribution in [1.29, 1.82) is 0 Å². The largest absolute Gasteiger partial charge is 0.399 e. The molecule has 0 bridgehead atoms. The minimum atomic E-state index is -0.513. The van der Waals surface area contributed by atoms with E-state index in [1.807, 2.05) is 36.4 Å². The topological polar surface area (TPSA) is 69.9 Å². The summed E-state index contributed by atoms with van der Waals surface area (Å²) in [6.07, 6.45) is 0.706. The first kappa shape index (κ1) is 23.3. The van der Waals surface area contributed by atoms with E-state index in [1.165, 1.54) is 12.1 Å². The van der Waals surface area contributed by atoms with Crippen LogP contribution < -0.4 is 10.6 Å². The van der Waals surface area contributed by atoms with Gasteiger partial charge in [-0.15, -0.1) is 0 Å². The highest BCUT2D eigenvalue weighted by molar-refractivity contribution is 6.00. The Balaban J connectivity index is 1.51. The molecule has 0 unspecified atom stereocenters. The summed E-state index contributed by atoms with van der Waals surface area (Å²) in [6, 6.07) is 21.2. The zero-order valence-corrected chi connectivity index (χ0v) is 19.3. The average Bonchev–Trinajstić information content (AvgIpc) is 3.10. The zero-order valence-electron chi connectivity index (χ0n) is 19.3. The Morgan fingerprint density at radius 3 is 2.41 bits per heavy atom. The van der Waals surface area contributed by atoms with Crippen molar-refractivity contribution in [3.8, 4) is 0 Å². The molecule has 34 heavy (non-hydrogen) atoms. The van der Waals surface area contributed by atoms with Gasteiger partial charge in [-0.05, 0) is 42.3 Å². The Bertz CT molecular complexity index is 1170. The second kappa shape index (κ2) is 10.4. The summed E-state index contributed by atoms with van der Waals surface area (Å²) in [5.41, 5.74) is 9.01. The number of nitrogen functional groups attached to an aromatic ring is 1. The van der Waals surface area contributed by atoms with Gasteiger partial charge in [-0.25, -0.2) is 4.39 Å². The molecular formula is C27H29FN4O2. The Labute approximate surface area is 199 Å². The van der Waals surface area contributed by atoms with E-state index in [1.54, 1.807) is 41.1 Å². The number of benzene rings is 3. The molecule has 6 nitrogen and oxygen atoms in total. The summed E-state index contributed by atoms with van der Waals surface area (Å²) in [5, 5.41) is 0. The van der Waals surface area contributed by atoms with Crippen LogP contribution in [-0.4, -0.2) is 54.8 Å². The maximum atomic E-state index is 14.1. The van der Waals surface area contributed by atoms with Crippen molar-refractivity contribution in [3.05, 3.63) is 95.3 Å². The fourth-order valence-corrected chi connectivity index (χ4v) is 4.30. The van der Waals surface area contributed by atoms with Crippen LogP contribution in [0.15, 0.2) is 72.8 Å². The van der Waals surface area contributed by atoms with Gasteiger partial charge in [0.1, 0.15) is 5.82 Å². The molecule has 1 fully saturated rings. The van der Waals surface area contributed by atoms with E-state index < -0.39 is 5.82 Å². The van der Waals surface area contributed by atoms with Gasteiger partial charge in [-0.2, -0.15) is 0 Å². The highest BCUT2D eigenvalue weighted by atomic mass is 19.1. The molecule has 1 saturated heterocycles. The van der Waals surface area contributed by atoms with Gasteiger partial charge in [0.25, 0.3) is 11.8 Å². The third kappa shape index (κ3) is 5.20. The van der Waals surface area contributed by atoms with Gasteiger partial charge < -0.3 is 20.4 Å². The molecule has 2 N–H and O–H groups in total. The third-order valence-electron chi connectivity index (χ3n) is 6.09. The Kier molecular flexibility index (Phi) is 7.11. The Morgan fingerprint density at radius 2 is 1.65 bits per heavy atom. The van der Waals surface area contributed by atoms with Crippen molar-refractivity contribution >= 4 is 23.2 Å². The number of hydrogen-bond donors (Lipinski definition) is 1. The van der Waals surface area contributed by atoms with Crippen LogP contribution in [0.1, 0.15) is 32.7 Å². The highest BCUT2D eigenvalue weighted by Gasteiger charge is 2.25. The average molecular weight is 461 g/mol. The molecule has 0 saturated carbocycles. The molecule has 3 aromatic carbocycles. The summed E-state index contributed by atoms with van der Waals surface area (Å²) in [7, 11) is 1.78. The van der Waals surface area contributed by atoms with E-state index in [4.69, 9.17) is 5.73 Å². The molecule has 1 aliphatic rings. The lowest BCUT2D eigenvalue weighted by atomic mass is 10.1. The quantitative estimate of drug-likeness (QED) is 0.584. The summed E-state index contributed by atoms with van der Waals surface area (Å²) in [5.74, 6) is -0.938. The summed E-state index contributed by atoms with van der Waals surface area (Å²) < 4.78 is 14.1. The molecule has 0 radical (unpaired) electrons. The molecule has 2 amide bonds. The summed E-state index contributed by atoms with van der Waals surface area (Å²) >= 11 is 0. The van der Waals surface area contributed by atoms with Crippen LogP contribution in [0.25, 0.3) is 0 Å². The molecule has 1 heterocycles. The van der Waals surface area contributed by atoms with Gasteiger partial charge in [0.15, 0.2) is 0 Å². The maximum absolute atomic E-state index is 14.1. The zero-order chi connectivity index (χ0) is 24.1. The standard InChI is InChI=1S/C27H29FN4O2/c1-30(19-20-8-3-2-4-9-20)26(33)23-18-21(29)12-13-25(23)31-14-7-15-32(17-16-31)27(34)22-10-5-6-11-24(22)28/h2-6,8-13,18H,7,14-17,19,29H2,1H3. The maximum Gasteiger partial charge on any atom is 0.256 e. The van der Waals surface area contributed by atoms with Gasteiger partial charge in [-0.3, -0.25) is 9.59 Å². The molecule has 176 valence electrons. The second-order valence-electron chi connectivity index (χ2n) is 8.54. The molecule has 0 atom stereocenters. The minimum absolute atomic E-state index is 0.0850. The van der Waals surface area contributed by atoms with Gasteiger partial charge in [-0.1, -0.05) is 42.5 Å². The first-order chi connectivity index (χ1) is 16.4. The van der Waals surface area contributed by atoms with Crippen LogP contribution in [-0.2, 0) is 6.54 Å². The van der Waals surface area contributed by atoms with Crippen molar-refractivity contribution in [3.63, 3.8) is 0 Å². The Hall–Kier alpha value is -3.87. The van der Waals surface area contributed by atoms with Crippen LogP contribution in [0, 0.1) is 5.82 Å². The minimum Gasteiger partial charge on any atom is -0.399 e. The molecule has 4 rings (SSSR count). The van der Waals surface area contributed by atoms with Gasteiger partial charge in [0, 0.05) is 51.1 Å². The van der Waals surface area contributed by atoms with E-state index in [0.717, 1.165) is 11.3 Å². The summed E-state index contributed by atoms with van der Waals surface area (Å²) in [6.45, 7) is 2.65. The number of rotatable bonds is 5. The number of nitrogens with zero attached hydrogens (tertiary/aromatic N) is 3. The first-order valence-corrected chi connectivity index (χ1v) is 11.4. The second-order valence-corrected chi connectivity index (χ2v) is 8.54.